The van der Waals surface area contributed by atoms with Crippen LogP contribution in [-0.4, -0.2) is 12.3 Å². The molecule has 102 valence electrons. The molecule has 1 fully saturated rings. The topological polar surface area (TPSA) is 35.9 Å². The van der Waals surface area contributed by atoms with Crippen molar-refractivity contribution < 1.29 is 0 Å². The number of hydrogen-bond donors (Lipinski definition) is 2. The molecule has 2 unspecified atom stereocenters. The fraction of sp³-hybridized carbons (Fsp3) is 0.471. The molecule has 2 aliphatic rings. The number of rotatable bonds is 5. The molecular weight excluding hydrogens is 232 g/mol. The number of allylic oxidation sites excluding steroid dienone is 6. The molecule has 0 radical (unpaired) electrons. The Balaban J connectivity index is 2.08. The van der Waals surface area contributed by atoms with E-state index >= 15 is 0 Å². The molecule has 0 amide bonds. The molecule has 0 aromatic rings. The molecule has 0 aromatic carbocycles. The highest BCUT2D eigenvalue weighted by molar-refractivity contribution is 5.69. The van der Waals surface area contributed by atoms with Crippen LogP contribution in [-0.2, 0) is 0 Å². The first-order valence-electron chi connectivity index (χ1n) is 7.30. The predicted octanol–water partition coefficient (Wildman–Crippen LogP) is 3.99. The first kappa shape index (κ1) is 13.9. The Bertz CT molecular complexity index is 397. The Morgan fingerprint density at radius 2 is 1.89 bits per heavy atom. The van der Waals surface area contributed by atoms with Crippen molar-refractivity contribution in [3.63, 3.8) is 0 Å². The number of hydrogen-bond acceptors (Lipinski definition) is 2. The zero-order valence-electron chi connectivity index (χ0n) is 11.5. The van der Waals surface area contributed by atoms with Crippen LogP contribution in [0.4, 0.5) is 0 Å². The van der Waals surface area contributed by atoms with Crippen molar-refractivity contribution >= 4 is 6.21 Å². The lowest BCUT2D eigenvalue weighted by Crippen LogP contribution is -2.34. The number of nitrogens with one attached hydrogen (secondary N) is 2. The lowest BCUT2D eigenvalue weighted by molar-refractivity contribution is 0.381. The summed E-state index contributed by atoms with van der Waals surface area (Å²) in [5.41, 5.74) is 1.16. The summed E-state index contributed by atoms with van der Waals surface area (Å²) in [5.74, 6) is 0.623. The minimum atomic E-state index is 0.297. The van der Waals surface area contributed by atoms with Crippen LogP contribution in [0.2, 0.25) is 0 Å². The molecule has 2 atom stereocenters. The smallest absolute Gasteiger partial charge is 0.0267 e. The molecule has 0 aliphatic heterocycles. The highest BCUT2D eigenvalue weighted by atomic mass is 14.9. The molecule has 1 saturated carbocycles. The van der Waals surface area contributed by atoms with Crippen LogP contribution in [0.5, 0.6) is 0 Å². The van der Waals surface area contributed by atoms with E-state index in [1.165, 1.54) is 38.3 Å². The van der Waals surface area contributed by atoms with Gasteiger partial charge in [0.25, 0.3) is 0 Å². The molecule has 0 saturated heterocycles. The van der Waals surface area contributed by atoms with Crippen molar-refractivity contribution in [2.24, 2.45) is 11.8 Å². The van der Waals surface area contributed by atoms with Gasteiger partial charge in [-0.15, -0.1) is 6.58 Å². The fourth-order valence-corrected chi connectivity index (χ4v) is 2.99. The second-order valence-electron chi connectivity index (χ2n) is 5.38. The maximum Gasteiger partial charge on any atom is 0.0267 e. The van der Waals surface area contributed by atoms with Crippen molar-refractivity contribution in [2.45, 2.75) is 38.1 Å². The summed E-state index contributed by atoms with van der Waals surface area (Å²) in [4.78, 5) is 0. The summed E-state index contributed by atoms with van der Waals surface area (Å²) < 4.78 is 0. The van der Waals surface area contributed by atoms with E-state index < -0.39 is 0 Å². The Kier molecular flexibility index (Phi) is 5.20. The maximum absolute atomic E-state index is 7.38. The highest BCUT2D eigenvalue weighted by Crippen LogP contribution is 2.28. The van der Waals surface area contributed by atoms with Gasteiger partial charge in [-0.1, -0.05) is 49.6 Å². The normalized spacial score (nSPS) is 28.1. The van der Waals surface area contributed by atoms with Gasteiger partial charge >= 0.3 is 0 Å². The zero-order chi connectivity index (χ0) is 13.5. The second-order valence-corrected chi connectivity index (χ2v) is 5.38. The van der Waals surface area contributed by atoms with Gasteiger partial charge in [0.15, 0.2) is 0 Å². The average Bonchev–Trinajstić information content (AvgIpc) is 2.48. The van der Waals surface area contributed by atoms with Crippen molar-refractivity contribution in [3.8, 4) is 0 Å². The maximum atomic E-state index is 7.38. The Morgan fingerprint density at radius 3 is 2.58 bits per heavy atom. The van der Waals surface area contributed by atoms with Gasteiger partial charge in [0, 0.05) is 29.8 Å². The first-order valence-corrected chi connectivity index (χ1v) is 7.30. The van der Waals surface area contributed by atoms with E-state index in [1.807, 2.05) is 12.2 Å². The third kappa shape index (κ3) is 3.69. The molecule has 2 rings (SSSR count). The average molecular weight is 256 g/mol. The van der Waals surface area contributed by atoms with E-state index in [1.54, 1.807) is 0 Å². The molecule has 0 spiro atoms. The van der Waals surface area contributed by atoms with Crippen LogP contribution < -0.4 is 5.32 Å². The SMILES string of the molecule is C=CC1C=CC=CC1/C(=C/C=N)NC1CCCCC1. The van der Waals surface area contributed by atoms with Gasteiger partial charge in [-0.3, -0.25) is 0 Å². The summed E-state index contributed by atoms with van der Waals surface area (Å²) in [6.07, 6.45) is 20.3. The van der Waals surface area contributed by atoms with Crippen molar-refractivity contribution in [2.75, 3.05) is 0 Å². The highest BCUT2D eigenvalue weighted by Gasteiger charge is 2.22. The zero-order valence-corrected chi connectivity index (χ0v) is 11.5. The summed E-state index contributed by atoms with van der Waals surface area (Å²) in [6, 6.07) is 0.574. The monoisotopic (exact) mass is 256 g/mol. The van der Waals surface area contributed by atoms with Crippen molar-refractivity contribution in [1.29, 1.82) is 5.41 Å². The van der Waals surface area contributed by atoms with Crippen LogP contribution in [0.3, 0.4) is 0 Å². The Morgan fingerprint density at radius 1 is 1.16 bits per heavy atom. The molecule has 2 nitrogen and oxygen atoms in total. The molecule has 2 aliphatic carbocycles. The van der Waals surface area contributed by atoms with E-state index in [0.29, 0.717) is 17.9 Å². The van der Waals surface area contributed by atoms with E-state index in [4.69, 9.17) is 5.41 Å². The minimum Gasteiger partial charge on any atom is -0.385 e. The van der Waals surface area contributed by atoms with Crippen LogP contribution in [0, 0.1) is 17.2 Å². The van der Waals surface area contributed by atoms with Gasteiger partial charge in [-0.25, -0.2) is 0 Å². The summed E-state index contributed by atoms with van der Waals surface area (Å²) >= 11 is 0. The van der Waals surface area contributed by atoms with Gasteiger partial charge in [0.2, 0.25) is 0 Å². The van der Waals surface area contributed by atoms with Crippen LogP contribution in [0.25, 0.3) is 0 Å². The molecule has 0 bridgehead atoms. The van der Waals surface area contributed by atoms with Gasteiger partial charge in [-0.05, 0) is 18.9 Å². The Hall–Kier alpha value is -1.57. The van der Waals surface area contributed by atoms with E-state index in [9.17, 15) is 0 Å². The van der Waals surface area contributed by atoms with E-state index in [2.05, 4.69) is 36.2 Å². The molecule has 19 heavy (non-hydrogen) atoms. The van der Waals surface area contributed by atoms with Gasteiger partial charge in [0.05, 0.1) is 0 Å². The fourth-order valence-electron chi connectivity index (χ4n) is 2.99. The molecular formula is C17H24N2. The second kappa shape index (κ2) is 7.13. The lowest BCUT2D eigenvalue weighted by Gasteiger charge is -2.31. The van der Waals surface area contributed by atoms with Gasteiger partial charge < -0.3 is 10.7 Å². The largest absolute Gasteiger partial charge is 0.385 e. The minimum absolute atomic E-state index is 0.297. The van der Waals surface area contributed by atoms with Crippen molar-refractivity contribution in [3.05, 3.63) is 48.7 Å². The predicted molar refractivity (Wildman–Crippen MR) is 82.3 cm³/mol. The quantitative estimate of drug-likeness (QED) is 0.566. The van der Waals surface area contributed by atoms with Gasteiger partial charge in [-0.2, -0.15) is 0 Å². The molecule has 2 heteroatoms. The van der Waals surface area contributed by atoms with E-state index in [0.717, 1.165) is 5.70 Å². The summed E-state index contributed by atoms with van der Waals surface area (Å²) in [6.45, 7) is 3.93. The third-order valence-corrected chi connectivity index (χ3v) is 4.05. The standard InChI is InChI=1S/C17H24N2/c1-2-14-8-6-7-11-16(14)17(12-13-18)19-15-9-4-3-5-10-15/h2,6-8,11-16,18-19H,1,3-5,9-10H2/b17-12-,18-13?. The van der Waals surface area contributed by atoms with Crippen LogP contribution in [0.1, 0.15) is 32.1 Å². The molecule has 0 heterocycles. The van der Waals surface area contributed by atoms with Gasteiger partial charge in [0.1, 0.15) is 0 Å². The summed E-state index contributed by atoms with van der Waals surface area (Å²) in [7, 11) is 0. The van der Waals surface area contributed by atoms with Crippen LogP contribution >= 0.6 is 0 Å². The lowest BCUT2D eigenvalue weighted by atomic mass is 9.84. The Labute approximate surface area is 116 Å². The van der Waals surface area contributed by atoms with E-state index in [-0.39, 0.29) is 0 Å². The molecule has 2 N–H and O–H groups in total. The summed E-state index contributed by atoms with van der Waals surface area (Å²) in [5, 5.41) is 11.1. The van der Waals surface area contributed by atoms with Crippen molar-refractivity contribution in [1.82, 2.24) is 5.32 Å². The van der Waals surface area contributed by atoms with Crippen LogP contribution in [0.15, 0.2) is 48.7 Å². The first-order chi connectivity index (χ1) is 9.35. The molecule has 0 aromatic heterocycles. The third-order valence-electron chi connectivity index (χ3n) is 4.05.